The fraction of sp³-hybridized carbons (Fsp3) is 0.467. The lowest BCUT2D eigenvalue weighted by Gasteiger charge is -2.19. The van der Waals surface area contributed by atoms with Crippen molar-refractivity contribution in [3.63, 3.8) is 0 Å². The second kappa shape index (κ2) is 15.2. The molecule has 2 aromatic rings. The molecule has 12 heteroatoms. The van der Waals surface area contributed by atoms with E-state index in [2.05, 4.69) is 21.3 Å². The van der Waals surface area contributed by atoms with Crippen molar-refractivity contribution in [2.45, 2.75) is 91.1 Å². The zero-order chi connectivity index (χ0) is 31.5. The molecule has 42 heavy (non-hydrogen) atoms. The van der Waals surface area contributed by atoms with Crippen molar-refractivity contribution in [3.05, 3.63) is 70.8 Å². The number of aliphatic hydroxyl groups is 2. The maximum Gasteiger partial charge on any atom is 0.407 e. The minimum absolute atomic E-state index is 0.0547. The summed E-state index contributed by atoms with van der Waals surface area (Å²) in [6, 6.07) is 14.0. The van der Waals surface area contributed by atoms with Gasteiger partial charge in [-0.2, -0.15) is 0 Å². The Morgan fingerprint density at radius 1 is 0.548 bits per heavy atom. The van der Waals surface area contributed by atoms with Crippen LogP contribution in [0.1, 0.15) is 63.8 Å². The second-order valence-corrected chi connectivity index (χ2v) is 11.7. The van der Waals surface area contributed by atoms with Crippen molar-refractivity contribution in [2.24, 2.45) is 0 Å². The van der Waals surface area contributed by atoms with E-state index in [1.165, 1.54) is 0 Å². The molecule has 0 aliphatic rings. The summed E-state index contributed by atoms with van der Waals surface area (Å²) >= 11 is 0. The summed E-state index contributed by atoms with van der Waals surface area (Å²) in [7, 11) is 0. The van der Waals surface area contributed by atoms with Crippen molar-refractivity contribution in [3.8, 4) is 0 Å². The molecule has 0 aliphatic heterocycles. The van der Waals surface area contributed by atoms with E-state index in [-0.39, 0.29) is 26.2 Å². The fourth-order valence-electron chi connectivity index (χ4n) is 3.40. The largest absolute Gasteiger partial charge is 0.444 e. The van der Waals surface area contributed by atoms with Gasteiger partial charge in [0.25, 0.3) is 11.8 Å². The molecule has 0 bridgehead atoms. The number of carbonyl (C=O) groups excluding carboxylic acids is 4. The number of hydrogen-bond acceptors (Lipinski definition) is 8. The average molecular weight is 587 g/mol. The molecule has 2 rings (SSSR count). The molecular formula is C30H42N4O8. The average Bonchev–Trinajstić information content (AvgIpc) is 2.90. The third kappa shape index (κ3) is 13.0. The van der Waals surface area contributed by atoms with Gasteiger partial charge in [0.05, 0.1) is 0 Å². The first-order valence-electron chi connectivity index (χ1n) is 13.5. The second-order valence-electron chi connectivity index (χ2n) is 11.7. The molecule has 2 aromatic carbocycles. The normalized spacial score (nSPS) is 12.9. The summed E-state index contributed by atoms with van der Waals surface area (Å²) in [6.07, 6.45) is -5.00. The number of alkyl carbamates (subject to hydrolysis) is 2. The highest BCUT2D eigenvalue weighted by molar-refractivity contribution is 5.90. The zero-order valence-electron chi connectivity index (χ0n) is 24.9. The highest BCUT2D eigenvalue weighted by Gasteiger charge is 2.30. The molecule has 12 nitrogen and oxygen atoms in total. The maximum atomic E-state index is 12.3. The molecule has 0 unspecified atom stereocenters. The number of nitrogens with one attached hydrogen (secondary N) is 4. The van der Waals surface area contributed by atoms with Crippen LogP contribution in [-0.4, -0.2) is 57.6 Å². The van der Waals surface area contributed by atoms with Gasteiger partial charge < -0.3 is 41.0 Å². The SMILES string of the molecule is CC(C)(C)OC(=O)NCc1ccc(CNC(=O)[C@@H](O)[C@H](O)C(=O)NCc2ccc(CNC(=O)OC(C)(C)C)cc2)cc1. The molecule has 0 heterocycles. The van der Waals surface area contributed by atoms with Gasteiger partial charge in [-0.15, -0.1) is 0 Å². The predicted octanol–water partition coefficient (Wildman–Crippen LogP) is 2.39. The summed E-state index contributed by atoms with van der Waals surface area (Å²) in [5.41, 5.74) is 1.86. The number of aliphatic hydroxyl groups excluding tert-OH is 2. The molecule has 0 saturated heterocycles. The monoisotopic (exact) mass is 586 g/mol. The Kier molecular flexibility index (Phi) is 12.3. The van der Waals surface area contributed by atoms with Crippen LogP contribution in [0.15, 0.2) is 48.5 Å². The van der Waals surface area contributed by atoms with Crippen molar-refractivity contribution in [2.75, 3.05) is 0 Å². The number of rotatable bonds is 11. The van der Waals surface area contributed by atoms with Crippen molar-refractivity contribution < 1.29 is 38.9 Å². The standard InChI is InChI=1S/C30H42N4O8/c1-29(2,3)41-27(39)33-17-21-11-7-19(8-12-21)15-31-25(37)23(35)24(36)26(38)32-16-20-9-13-22(14-10-20)18-34-28(40)42-30(4,5)6/h7-14,23-24,35-36H,15-18H2,1-6H3,(H,31,37)(H,32,38)(H,33,39)(H,34,40)/t23-,24-/m0/s1. The van der Waals surface area contributed by atoms with Crippen molar-refractivity contribution >= 4 is 24.0 Å². The van der Waals surface area contributed by atoms with Crippen molar-refractivity contribution in [1.29, 1.82) is 0 Å². The molecule has 6 N–H and O–H groups in total. The molecule has 0 saturated carbocycles. The number of benzene rings is 2. The Bertz CT molecular complexity index is 1110. The van der Waals surface area contributed by atoms with Crippen LogP contribution < -0.4 is 21.3 Å². The Morgan fingerprint density at radius 2 is 0.786 bits per heavy atom. The molecule has 2 atom stereocenters. The zero-order valence-corrected chi connectivity index (χ0v) is 24.9. The molecule has 4 amide bonds. The van der Waals surface area contributed by atoms with Gasteiger partial charge in [0.15, 0.2) is 12.2 Å². The van der Waals surface area contributed by atoms with Crippen LogP contribution in [0.25, 0.3) is 0 Å². The van der Waals surface area contributed by atoms with Gasteiger partial charge in [-0.3, -0.25) is 9.59 Å². The van der Waals surface area contributed by atoms with E-state index in [1.807, 2.05) is 0 Å². The van der Waals surface area contributed by atoms with Crippen LogP contribution in [0.2, 0.25) is 0 Å². The van der Waals surface area contributed by atoms with Crippen LogP contribution in [0.4, 0.5) is 9.59 Å². The lowest BCUT2D eigenvalue weighted by Crippen LogP contribution is -2.49. The summed E-state index contributed by atoms with van der Waals surface area (Å²) in [4.78, 5) is 48.2. The lowest BCUT2D eigenvalue weighted by atomic mass is 10.1. The number of ether oxygens (including phenoxy) is 2. The van der Waals surface area contributed by atoms with Gasteiger partial charge in [0.2, 0.25) is 0 Å². The number of amides is 4. The Morgan fingerprint density at radius 3 is 1.02 bits per heavy atom. The predicted molar refractivity (Wildman–Crippen MR) is 155 cm³/mol. The van der Waals surface area contributed by atoms with Crippen LogP contribution in [0.5, 0.6) is 0 Å². The Labute approximate surface area is 246 Å². The van der Waals surface area contributed by atoms with Gasteiger partial charge in [-0.05, 0) is 63.8 Å². The van der Waals surface area contributed by atoms with E-state index in [0.717, 1.165) is 11.1 Å². The van der Waals surface area contributed by atoms with Gasteiger partial charge in [-0.25, -0.2) is 9.59 Å². The third-order valence-electron chi connectivity index (χ3n) is 5.49. The first kappa shape index (κ1) is 34.0. The summed E-state index contributed by atoms with van der Waals surface area (Å²) < 4.78 is 10.4. The Hall–Kier alpha value is -4.16. The van der Waals surface area contributed by atoms with E-state index < -0.39 is 47.4 Å². The summed E-state index contributed by atoms with van der Waals surface area (Å²) in [5.74, 6) is -1.81. The van der Waals surface area contributed by atoms with Crippen LogP contribution in [0, 0.1) is 0 Å². The fourth-order valence-corrected chi connectivity index (χ4v) is 3.40. The van der Waals surface area contributed by atoms with Crippen molar-refractivity contribution in [1.82, 2.24) is 21.3 Å². The van der Waals surface area contributed by atoms with E-state index >= 15 is 0 Å². The van der Waals surface area contributed by atoms with Crippen LogP contribution in [0.3, 0.4) is 0 Å². The van der Waals surface area contributed by atoms with E-state index in [9.17, 15) is 29.4 Å². The molecule has 230 valence electrons. The summed E-state index contributed by atoms with van der Waals surface area (Å²) in [5, 5.41) is 30.6. The maximum absolute atomic E-state index is 12.3. The minimum Gasteiger partial charge on any atom is -0.444 e. The number of hydrogen-bond donors (Lipinski definition) is 6. The first-order chi connectivity index (χ1) is 19.5. The van der Waals surface area contributed by atoms with Gasteiger partial charge in [0, 0.05) is 26.2 Å². The topological polar surface area (TPSA) is 175 Å². The van der Waals surface area contributed by atoms with Gasteiger partial charge >= 0.3 is 12.2 Å². The summed E-state index contributed by atoms with van der Waals surface area (Å²) in [6.45, 7) is 11.3. The number of carbonyl (C=O) groups is 4. The van der Waals surface area contributed by atoms with Crippen LogP contribution in [-0.2, 0) is 45.2 Å². The van der Waals surface area contributed by atoms with E-state index in [0.29, 0.717) is 11.1 Å². The molecule has 0 aromatic heterocycles. The van der Waals surface area contributed by atoms with E-state index in [4.69, 9.17) is 9.47 Å². The van der Waals surface area contributed by atoms with Gasteiger partial charge in [-0.1, -0.05) is 48.5 Å². The smallest absolute Gasteiger partial charge is 0.407 e. The lowest BCUT2D eigenvalue weighted by molar-refractivity contribution is -0.146. The van der Waals surface area contributed by atoms with E-state index in [1.54, 1.807) is 90.1 Å². The highest BCUT2D eigenvalue weighted by atomic mass is 16.6. The molecule has 0 radical (unpaired) electrons. The van der Waals surface area contributed by atoms with Gasteiger partial charge in [0.1, 0.15) is 11.2 Å². The van der Waals surface area contributed by atoms with Crippen LogP contribution >= 0.6 is 0 Å². The molecular weight excluding hydrogens is 544 g/mol. The first-order valence-corrected chi connectivity index (χ1v) is 13.5. The Balaban J connectivity index is 1.74. The highest BCUT2D eigenvalue weighted by Crippen LogP contribution is 2.10. The molecule has 0 spiro atoms. The third-order valence-corrected chi connectivity index (χ3v) is 5.49. The quantitative estimate of drug-likeness (QED) is 0.233. The molecule has 0 fully saturated rings. The molecule has 0 aliphatic carbocycles. The minimum atomic E-state index is -1.97.